The van der Waals surface area contributed by atoms with Crippen LogP contribution < -0.4 is 0 Å². The minimum atomic E-state index is -0.858. The molecule has 0 unspecified atom stereocenters. The quantitative estimate of drug-likeness (QED) is 0.861. The number of aliphatic carboxylic acids is 1. The SMILES string of the molecule is Cc1nn(-c2nncs2)c(C)c1CC(=O)O. The maximum Gasteiger partial charge on any atom is 0.307 e. The van der Waals surface area contributed by atoms with E-state index in [0.717, 1.165) is 17.0 Å². The summed E-state index contributed by atoms with van der Waals surface area (Å²) in [4.78, 5) is 10.7. The van der Waals surface area contributed by atoms with Gasteiger partial charge in [-0.15, -0.1) is 10.2 Å². The first-order valence-corrected chi connectivity index (χ1v) is 5.51. The molecule has 0 bridgehead atoms. The fourth-order valence-electron chi connectivity index (χ4n) is 1.53. The van der Waals surface area contributed by atoms with Crippen molar-refractivity contribution in [2.45, 2.75) is 20.3 Å². The number of nitrogens with zero attached hydrogens (tertiary/aromatic N) is 4. The molecule has 2 heterocycles. The summed E-state index contributed by atoms with van der Waals surface area (Å²) >= 11 is 1.36. The first-order chi connectivity index (χ1) is 7.59. The number of hydrogen-bond acceptors (Lipinski definition) is 5. The average molecular weight is 238 g/mol. The van der Waals surface area contributed by atoms with Crippen molar-refractivity contribution in [3.63, 3.8) is 0 Å². The van der Waals surface area contributed by atoms with Crippen molar-refractivity contribution in [1.29, 1.82) is 0 Å². The normalized spacial score (nSPS) is 10.6. The van der Waals surface area contributed by atoms with Gasteiger partial charge < -0.3 is 5.11 Å². The Hall–Kier alpha value is -1.76. The molecule has 0 atom stereocenters. The molecule has 2 aromatic heterocycles. The highest BCUT2D eigenvalue weighted by Crippen LogP contribution is 2.18. The molecule has 0 aliphatic heterocycles. The lowest BCUT2D eigenvalue weighted by Gasteiger charge is -1.98. The fraction of sp³-hybridized carbons (Fsp3) is 0.333. The van der Waals surface area contributed by atoms with Gasteiger partial charge in [0.15, 0.2) is 0 Å². The van der Waals surface area contributed by atoms with E-state index in [9.17, 15) is 4.79 Å². The topological polar surface area (TPSA) is 80.9 Å². The van der Waals surface area contributed by atoms with Crippen molar-refractivity contribution >= 4 is 17.3 Å². The minimum Gasteiger partial charge on any atom is -0.481 e. The number of aryl methyl sites for hydroxylation is 1. The van der Waals surface area contributed by atoms with E-state index in [2.05, 4.69) is 15.3 Å². The van der Waals surface area contributed by atoms with Crippen molar-refractivity contribution in [1.82, 2.24) is 20.0 Å². The largest absolute Gasteiger partial charge is 0.481 e. The molecule has 0 aromatic carbocycles. The van der Waals surface area contributed by atoms with Gasteiger partial charge in [0.1, 0.15) is 5.51 Å². The van der Waals surface area contributed by atoms with Gasteiger partial charge in [-0.25, -0.2) is 4.68 Å². The maximum absolute atomic E-state index is 10.7. The van der Waals surface area contributed by atoms with Gasteiger partial charge in [-0.2, -0.15) is 5.10 Å². The highest BCUT2D eigenvalue weighted by molar-refractivity contribution is 7.11. The number of rotatable bonds is 3. The molecule has 0 amide bonds. The highest BCUT2D eigenvalue weighted by atomic mass is 32.1. The first kappa shape index (κ1) is 10.7. The molecular weight excluding hydrogens is 228 g/mol. The molecule has 2 aromatic rings. The molecular formula is C9H10N4O2S. The van der Waals surface area contributed by atoms with Gasteiger partial charge in [0.2, 0.25) is 5.13 Å². The van der Waals surface area contributed by atoms with Crippen LogP contribution in [0.1, 0.15) is 17.0 Å². The molecule has 0 saturated heterocycles. The van der Waals surface area contributed by atoms with Crippen molar-refractivity contribution in [2.24, 2.45) is 0 Å². The van der Waals surface area contributed by atoms with Crippen LogP contribution in [0.15, 0.2) is 5.51 Å². The monoisotopic (exact) mass is 238 g/mol. The Kier molecular flexibility index (Phi) is 2.69. The van der Waals surface area contributed by atoms with E-state index in [1.165, 1.54) is 11.3 Å². The van der Waals surface area contributed by atoms with Crippen LogP contribution in [-0.2, 0) is 11.2 Å². The van der Waals surface area contributed by atoms with Crippen LogP contribution in [0.5, 0.6) is 0 Å². The summed E-state index contributed by atoms with van der Waals surface area (Å²) in [5, 5.41) is 21.3. The molecule has 2 rings (SSSR count). The predicted molar refractivity (Wildman–Crippen MR) is 57.8 cm³/mol. The minimum absolute atomic E-state index is 0.0174. The van der Waals surface area contributed by atoms with Crippen LogP contribution >= 0.6 is 11.3 Å². The van der Waals surface area contributed by atoms with E-state index in [1.807, 2.05) is 6.92 Å². The highest BCUT2D eigenvalue weighted by Gasteiger charge is 2.16. The Balaban J connectivity index is 2.46. The third kappa shape index (κ3) is 1.81. The Labute approximate surface area is 95.6 Å². The van der Waals surface area contributed by atoms with E-state index < -0.39 is 5.97 Å². The lowest BCUT2D eigenvalue weighted by Crippen LogP contribution is -2.03. The average Bonchev–Trinajstić information content (AvgIpc) is 2.80. The van der Waals surface area contributed by atoms with Crippen molar-refractivity contribution < 1.29 is 9.90 Å². The van der Waals surface area contributed by atoms with Crippen LogP contribution in [0.4, 0.5) is 0 Å². The summed E-state index contributed by atoms with van der Waals surface area (Å²) in [5.74, 6) is -0.858. The lowest BCUT2D eigenvalue weighted by molar-refractivity contribution is -0.136. The number of hydrogen-bond donors (Lipinski definition) is 1. The molecule has 0 fully saturated rings. The standard InChI is InChI=1S/C9H10N4O2S/c1-5-7(3-8(14)15)6(2)13(12-5)9-11-10-4-16-9/h4H,3H2,1-2H3,(H,14,15). The summed E-state index contributed by atoms with van der Waals surface area (Å²) < 4.78 is 1.63. The van der Waals surface area contributed by atoms with Gasteiger partial charge >= 0.3 is 5.97 Å². The molecule has 84 valence electrons. The Morgan fingerprint density at radius 2 is 2.31 bits per heavy atom. The molecule has 0 saturated carbocycles. The van der Waals surface area contributed by atoms with Gasteiger partial charge in [-0.3, -0.25) is 4.79 Å². The summed E-state index contributed by atoms with van der Waals surface area (Å²) in [6.45, 7) is 3.63. The smallest absolute Gasteiger partial charge is 0.307 e. The van der Waals surface area contributed by atoms with Crippen LogP contribution in [0.3, 0.4) is 0 Å². The van der Waals surface area contributed by atoms with Crippen molar-refractivity contribution in [3.05, 3.63) is 22.5 Å². The van der Waals surface area contributed by atoms with Crippen LogP contribution in [-0.4, -0.2) is 31.1 Å². The second kappa shape index (κ2) is 4.01. The van der Waals surface area contributed by atoms with Gasteiger partial charge in [0.05, 0.1) is 12.1 Å². The zero-order valence-electron chi connectivity index (χ0n) is 8.84. The summed E-state index contributed by atoms with van der Waals surface area (Å²) in [6.07, 6.45) is -0.0174. The van der Waals surface area contributed by atoms with Gasteiger partial charge in [0, 0.05) is 11.3 Å². The molecule has 0 spiro atoms. The van der Waals surface area contributed by atoms with Gasteiger partial charge in [-0.1, -0.05) is 11.3 Å². The third-order valence-electron chi connectivity index (χ3n) is 2.30. The number of carbonyl (C=O) groups is 1. The molecule has 1 N–H and O–H groups in total. The second-order valence-corrected chi connectivity index (χ2v) is 4.16. The molecule has 16 heavy (non-hydrogen) atoms. The van der Waals surface area contributed by atoms with Gasteiger partial charge in [0.25, 0.3) is 0 Å². The summed E-state index contributed by atoms with van der Waals surface area (Å²) in [5.41, 5.74) is 3.87. The summed E-state index contributed by atoms with van der Waals surface area (Å²) in [7, 11) is 0. The molecule has 0 radical (unpaired) electrons. The number of carboxylic acids is 1. The second-order valence-electron chi connectivity index (χ2n) is 3.35. The van der Waals surface area contributed by atoms with E-state index in [4.69, 9.17) is 5.11 Å². The van der Waals surface area contributed by atoms with E-state index in [0.29, 0.717) is 5.13 Å². The predicted octanol–water partition coefficient (Wildman–Crippen LogP) is 0.968. The fourth-order valence-corrected chi connectivity index (χ4v) is 2.09. The summed E-state index contributed by atoms with van der Waals surface area (Å²) in [6, 6.07) is 0. The number of carboxylic acid groups (broad SMARTS) is 1. The van der Waals surface area contributed by atoms with E-state index in [-0.39, 0.29) is 6.42 Å². The molecule has 0 aliphatic rings. The maximum atomic E-state index is 10.7. The number of aromatic nitrogens is 4. The first-order valence-electron chi connectivity index (χ1n) is 4.63. The zero-order valence-corrected chi connectivity index (χ0v) is 9.65. The third-order valence-corrected chi connectivity index (χ3v) is 2.96. The Bertz CT molecular complexity index is 518. The van der Waals surface area contributed by atoms with Crippen LogP contribution in [0.2, 0.25) is 0 Å². The molecule has 6 nitrogen and oxygen atoms in total. The van der Waals surface area contributed by atoms with E-state index >= 15 is 0 Å². The Morgan fingerprint density at radius 3 is 2.88 bits per heavy atom. The van der Waals surface area contributed by atoms with Gasteiger partial charge in [-0.05, 0) is 13.8 Å². The Morgan fingerprint density at radius 1 is 1.56 bits per heavy atom. The van der Waals surface area contributed by atoms with E-state index in [1.54, 1.807) is 17.1 Å². The lowest BCUT2D eigenvalue weighted by atomic mass is 10.1. The van der Waals surface area contributed by atoms with Crippen LogP contribution in [0, 0.1) is 13.8 Å². The van der Waals surface area contributed by atoms with Crippen molar-refractivity contribution in [3.8, 4) is 5.13 Å². The van der Waals surface area contributed by atoms with Crippen LogP contribution in [0.25, 0.3) is 5.13 Å². The molecule has 7 heteroatoms. The van der Waals surface area contributed by atoms with Crippen molar-refractivity contribution in [2.75, 3.05) is 0 Å². The zero-order chi connectivity index (χ0) is 11.7. The molecule has 0 aliphatic carbocycles.